The first-order valence-corrected chi connectivity index (χ1v) is 11.8. The summed E-state index contributed by atoms with van der Waals surface area (Å²) in [5.74, 6) is 1.12. The lowest BCUT2D eigenvalue weighted by Crippen LogP contribution is -2.43. The van der Waals surface area contributed by atoms with Gasteiger partial charge in [-0.05, 0) is 43.0 Å². The summed E-state index contributed by atoms with van der Waals surface area (Å²) in [6.45, 7) is 0.987. The number of hydrogen-bond donors (Lipinski definition) is 1. The second kappa shape index (κ2) is 10.3. The molecule has 10 heteroatoms. The maximum Gasteiger partial charge on any atom is 0.246 e. The fraction of sp³-hybridized carbons (Fsp3) is 0.429. The van der Waals surface area contributed by atoms with Crippen molar-refractivity contribution in [2.45, 2.75) is 24.2 Å². The van der Waals surface area contributed by atoms with Crippen molar-refractivity contribution in [3.8, 4) is 11.5 Å². The van der Waals surface area contributed by atoms with Crippen molar-refractivity contribution in [3.05, 3.63) is 47.2 Å². The standard InChI is InChI=1S/C21H26ClN3O5S/c1-29-17-6-5-15(18(14-17)30-2)7-11-24-21(26)16-8-12-25(13-9-16)31(27,28)19-4-3-10-23-20(19)22/h3-6,10,14,16H,7-9,11-13H2,1-2H3,(H,24,26). The molecule has 31 heavy (non-hydrogen) atoms. The van der Waals surface area contributed by atoms with Gasteiger partial charge < -0.3 is 14.8 Å². The fourth-order valence-electron chi connectivity index (χ4n) is 3.58. The predicted molar refractivity (Wildman–Crippen MR) is 117 cm³/mol. The van der Waals surface area contributed by atoms with Gasteiger partial charge in [-0.25, -0.2) is 13.4 Å². The van der Waals surface area contributed by atoms with Crippen LogP contribution in [-0.4, -0.2) is 57.5 Å². The number of methoxy groups -OCH3 is 2. The SMILES string of the molecule is COc1ccc(CCNC(=O)C2CCN(S(=O)(=O)c3cccnc3Cl)CC2)c(OC)c1. The lowest BCUT2D eigenvalue weighted by Gasteiger charge is -2.30. The molecule has 1 aliphatic rings. The summed E-state index contributed by atoms with van der Waals surface area (Å²) in [5.41, 5.74) is 0.970. The number of carbonyl (C=O) groups excluding carboxylic acids is 1. The van der Waals surface area contributed by atoms with E-state index in [-0.39, 0.29) is 35.0 Å². The lowest BCUT2D eigenvalue weighted by molar-refractivity contribution is -0.126. The second-order valence-electron chi connectivity index (χ2n) is 7.19. The highest BCUT2D eigenvalue weighted by Crippen LogP contribution is 2.27. The van der Waals surface area contributed by atoms with Crippen LogP contribution in [0, 0.1) is 5.92 Å². The van der Waals surface area contributed by atoms with Crippen LogP contribution in [-0.2, 0) is 21.2 Å². The highest BCUT2D eigenvalue weighted by Gasteiger charge is 2.33. The number of sulfonamides is 1. The molecule has 2 aromatic rings. The van der Waals surface area contributed by atoms with Crippen molar-refractivity contribution in [1.82, 2.24) is 14.6 Å². The molecule has 168 valence electrons. The zero-order valence-corrected chi connectivity index (χ0v) is 19.1. The Morgan fingerprint density at radius 1 is 1.23 bits per heavy atom. The Kier molecular flexibility index (Phi) is 7.74. The normalized spacial score (nSPS) is 15.5. The summed E-state index contributed by atoms with van der Waals surface area (Å²) in [6, 6.07) is 8.55. The number of aromatic nitrogens is 1. The van der Waals surface area contributed by atoms with E-state index in [2.05, 4.69) is 10.3 Å². The minimum Gasteiger partial charge on any atom is -0.497 e. The third-order valence-corrected chi connectivity index (χ3v) is 7.70. The molecule has 1 saturated heterocycles. The van der Waals surface area contributed by atoms with Crippen LogP contribution in [0.2, 0.25) is 5.15 Å². The Balaban J connectivity index is 1.51. The van der Waals surface area contributed by atoms with E-state index in [0.29, 0.717) is 37.3 Å². The highest BCUT2D eigenvalue weighted by molar-refractivity contribution is 7.89. The van der Waals surface area contributed by atoms with Crippen molar-refractivity contribution in [1.29, 1.82) is 0 Å². The fourth-order valence-corrected chi connectivity index (χ4v) is 5.48. The topological polar surface area (TPSA) is 97.8 Å². The molecule has 1 amide bonds. The first-order valence-electron chi connectivity index (χ1n) is 9.96. The first kappa shape index (κ1) is 23.3. The van der Waals surface area contributed by atoms with Crippen molar-refractivity contribution in [2.75, 3.05) is 33.9 Å². The van der Waals surface area contributed by atoms with Gasteiger partial charge in [0.1, 0.15) is 21.5 Å². The van der Waals surface area contributed by atoms with Crippen LogP contribution in [0.5, 0.6) is 11.5 Å². The van der Waals surface area contributed by atoms with Gasteiger partial charge in [0.15, 0.2) is 0 Å². The van der Waals surface area contributed by atoms with Crippen molar-refractivity contribution in [2.24, 2.45) is 5.92 Å². The minimum absolute atomic E-state index is 0.00647. The van der Waals surface area contributed by atoms with E-state index in [4.69, 9.17) is 21.1 Å². The van der Waals surface area contributed by atoms with Crippen LogP contribution in [0.15, 0.2) is 41.4 Å². The molecule has 0 radical (unpaired) electrons. The summed E-state index contributed by atoms with van der Waals surface area (Å²) >= 11 is 5.96. The van der Waals surface area contributed by atoms with Gasteiger partial charge in [0.05, 0.1) is 14.2 Å². The van der Waals surface area contributed by atoms with E-state index in [1.165, 1.54) is 22.6 Å². The van der Waals surface area contributed by atoms with Crippen LogP contribution in [0.4, 0.5) is 0 Å². The Morgan fingerprint density at radius 2 is 1.97 bits per heavy atom. The number of pyridine rings is 1. The van der Waals surface area contributed by atoms with Gasteiger partial charge >= 0.3 is 0 Å². The van der Waals surface area contributed by atoms with Gasteiger partial charge in [-0.2, -0.15) is 4.31 Å². The quantitative estimate of drug-likeness (QED) is 0.599. The zero-order chi connectivity index (χ0) is 22.4. The van der Waals surface area contributed by atoms with Crippen molar-refractivity contribution >= 4 is 27.5 Å². The van der Waals surface area contributed by atoms with Crippen LogP contribution >= 0.6 is 11.6 Å². The molecule has 0 atom stereocenters. The van der Waals surface area contributed by atoms with E-state index in [1.807, 2.05) is 18.2 Å². The number of amides is 1. The Hall–Kier alpha value is -2.36. The summed E-state index contributed by atoms with van der Waals surface area (Å²) in [4.78, 5) is 16.4. The van der Waals surface area contributed by atoms with Crippen LogP contribution in [0.25, 0.3) is 0 Å². The van der Waals surface area contributed by atoms with Gasteiger partial charge in [-0.3, -0.25) is 4.79 Å². The van der Waals surface area contributed by atoms with Gasteiger partial charge in [-0.15, -0.1) is 0 Å². The lowest BCUT2D eigenvalue weighted by atomic mass is 9.97. The molecule has 0 aliphatic carbocycles. The van der Waals surface area contributed by atoms with Crippen LogP contribution in [0.3, 0.4) is 0 Å². The smallest absolute Gasteiger partial charge is 0.246 e. The Morgan fingerprint density at radius 3 is 2.61 bits per heavy atom. The third-order valence-electron chi connectivity index (χ3n) is 5.36. The number of halogens is 1. The van der Waals surface area contributed by atoms with Crippen LogP contribution < -0.4 is 14.8 Å². The monoisotopic (exact) mass is 467 g/mol. The van der Waals surface area contributed by atoms with Gasteiger partial charge in [0.2, 0.25) is 15.9 Å². The summed E-state index contributed by atoms with van der Waals surface area (Å²) < 4.78 is 37.5. The van der Waals surface area contributed by atoms with E-state index < -0.39 is 10.0 Å². The van der Waals surface area contributed by atoms with E-state index in [0.717, 1.165) is 5.56 Å². The number of benzene rings is 1. The molecule has 0 spiro atoms. The highest BCUT2D eigenvalue weighted by atomic mass is 35.5. The van der Waals surface area contributed by atoms with Gasteiger partial charge in [0.25, 0.3) is 0 Å². The number of rotatable bonds is 8. The predicted octanol–water partition coefficient (Wildman–Crippen LogP) is 2.51. The van der Waals surface area contributed by atoms with E-state index >= 15 is 0 Å². The summed E-state index contributed by atoms with van der Waals surface area (Å²) in [7, 11) is -0.537. The maximum absolute atomic E-state index is 12.8. The average molecular weight is 468 g/mol. The molecule has 1 aromatic heterocycles. The third kappa shape index (κ3) is 5.47. The Labute approximate surface area is 187 Å². The molecule has 2 heterocycles. The van der Waals surface area contributed by atoms with Crippen molar-refractivity contribution < 1.29 is 22.7 Å². The van der Waals surface area contributed by atoms with Gasteiger partial charge in [-0.1, -0.05) is 17.7 Å². The molecule has 0 saturated carbocycles. The average Bonchev–Trinajstić information content (AvgIpc) is 2.79. The summed E-state index contributed by atoms with van der Waals surface area (Å²) in [6.07, 6.45) is 2.97. The maximum atomic E-state index is 12.8. The number of carbonyl (C=O) groups is 1. The minimum atomic E-state index is -3.73. The van der Waals surface area contributed by atoms with E-state index in [9.17, 15) is 13.2 Å². The Bertz CT molecular complexity index is 1020. The molecular formula is C21H26ClN3O5S. The first-order chi connectivity index (χ1) is 14.9. The molecule has 1 N–H and O–H groups in total. The van der Waals surface area contributed by atoms with E-state index in [1.54, 1.807) is 14.2 Å². The molecule has 1 aromatic carbocycles. The number of hydrogen-bond acceptors (Lipinski definition) is 6. The molecule has 8 nitrogen and oxygen atoms in total. The number of ether oxygens (including phenoxy) is 2. The molecular weight excluding hydrogens is 442 g/mol. The number of nitrogens with zero attached hydrogens (tertiary/aromatic N) is 2. The summed E-state index contributed by atoms with van der Waals surface area (Å²) in [5, 5.41) is 2.91. The zero-order valence-electron chi connectivity index (χ0n) is 17.5. The molecule has 1 aliphatic heterocycles. The molecule has 1 fully saturated rings. The molecule has 0 unspecified atom stereocenters. The van der Waals surface area contributed by atoms with Gasteiger partial charge in [0, 0.05) is 37.8 Å². The molecule has 3 rings (SSSR count). The molecule has 0 bridgehead atoms. The largest absolute Gasteiger partial charge is 0.497 e. The van der Waals surface area contributed by atoms with Crippen LogP contribution in [0.1, 0.15) is 18.4 Å². The van der Waals surface area contributed by atoms with Crippen molar-refractivity contribution in [3.63, 3.8) is 0 Å². The number of nitrogens with one attached hydrogen (secondary N) is 1. The second-order valence-corrected chi connectivity index (χ2v) is 9.45. The number of piperidine rings is 1.